The summed E-state index contributed by atoms with van der Waals surface area (Å²) in [5.74, 6) is -0.350. The van der Waals surface area contributed by atoms with Crippen LogP contribution >= 0.6 is 0 Å². The second kappa shape index (κ2) is 5.08. The predicted molar refractivity (Wildman–Crippen MR) is 81.3 cm³/mol. The third kappa shape index (κ3) is 1.89. The van der Waals surface area contributed by atoms with Crippen molar-refractivity contribution in [2.75, 3.05) is 18.6 Å². The van der Waals surface area contributed by atoms with Crippen molar-refractivity contribution < 1.29 is 15.1 Å². The Hall–Kier alpha value is -3.00. The molecular formula is C14H12N3O5-. The Morgan fingerprint density at radius 3 is 2.73 bits per heavy atom. The van der Waals surface area contributed by atoms with Gasteiger partial charge in [0.1, 0.15) is 0 Å². The number of aliphatic hydroxyl groups excluding tert-OH is 1. The number of aromatic nitrogens is 1. The molecule has 0 atom stereocenters. The maximum atomic E-state index is 12.4. The third-order valence-corrected chi connectivity index (χ3v) is 3.48. The number of nitrogens with one attached hydrogen (secondary N) is 1. The molecule has 0 amide bonds. The summed E-state index contributed by atoms with van der Waals surface area (Å²) in [4.78, 5) is 11.9. The molecule has 0 spiro atoms. The van der Waals surface area contributed by atoms with Gasteiger partial charge in [-0.15, -0.1) is 0 Å². The molecule has 8 heteroatoms. The van der Waals surface area contributed by atoms with Crippen LogP contribution in [-0.2, 0) is 0 Å². The van der Waals surface area contributed by atoms with Crippen molar-refractivity contribution in [1.82, 2.24) is 4.68 Å². The van der Waals surface area contributed by atoms with E-state index in [-0.39, 0.29) is 30.3 Å². The lowest BCUT2D eigenvalue weighted by Crippen LogP contribution is -2.33. The fraction of sp³-hybridized carbons (Fsp3) is 0.143. The number of hydrogen-bond donors (Lipinski definition) is 3. The van der Waals surface area contributed by atoms with Crippen LogP contribution in [0.5, 0.6) is 5.88 Å². The van der Waals surface area contributed by atoms with Gasteiger partial charge in [0.05, 0.1) is 24.3 Å². The van der Waals surface area contributed by atoms with Crippen LogP contribution < -0.4 is 11.0 Å². The zero-order valence-corrected chi connectivity index (χ0v) is 11.3. The fourth-order valence-electron chi connectivity index (χ4n) is 2.56. The van der Waals surface area contributed by atoms with Gasteiger partial charge in [-0.25, -0.2) is 0 Å². The molecule has 3 rings (SSSR count). The molecule has 0 unspecified atom stereocenters. The first kappa shape index (κ1) is 14.0. The number of hydrogen-bond acceptors (Lipinski definition) is 6. The van der Waals surface area contributed by atoms with Gasteiger partial charge in [0.2, 0.25) is 11.6 Å². The maximum Gasteiger partial charge on any atom is 0.279 e. The molecule has 0 bridgehead atoms. The minimum absolute atomic E-state index is 0.0775. The third-order valence-electron chi connectivity index (χ3n) is 3.48. The van der Waals surface area contributed by atoms with Gasteiger partial charge >= 0.3 is 0 Å². The predicted octanol–water partition coefficient (Wildman–Crippen LogP) is 0.0669. The van der Waals surface area contributed by atoms with E-state index in [4.69, 9.17) is 5.11 Å². The Kier molecular flexibility index (Phi) is 3.22. The van der Waals surface area contributed by atoms with E-state index >= 15 is 0 Å². The van der Waals surface area contributed by atoms with E-state index in [0.717, 1.165) is 4.68 Å². The minimum atomic E-state index is -0.537. The fourth-order valence-corrected chi connectivity index (χ4v) is 2.56. The normalized spacial score (nSPS) is 12.7. The number of pyridine rings is 1. The summed E-state index contributed by atoms with van der Waals surface area (Å²) in [6, 6.07) is 4.69. The van der Waals surface area contributed by atoms with Crippen LogP contribution in [-0.4, -0.2) is 38.7 Å². The summed E-state index contributed by atoms with van der Waals surface area (Å²) in [5, 5.41) is 42.0. The quantitative estimate of drug-likeness (QED) is 0.544. The van der Waals surface area contributed by atoms with Crippen molar-refractivity contribution >= 4 is 22.6 Å². The first-order chi connectivity index (χ1) is 10.6. The van der Waals surface area contributed by atoms with E-state index in [2.05, 4.69) is 5.43 Å². The highest BCUT2D eigenvalue weighted by Gasteiger charge is 2.23. The molecule has 2 aromatic rings. The molecule has 0 saturated heterocycles. The highest BCUT2D eigenvalue weighted by molar-refractivity contribution is 6.20. The lowest BCUT2D eigenvalue weighted by molar-refractivity contribution is -0.377. The van der Waals surface area contributed by atoms with Crippen LogP contribution in [0.2, 0.25) is 0 Å². The van der Waals surface area contributed by atoms with Crippen LogP contribution in [0, 0.1) is 10.4 Å². The van der Waals surface area contributed by atoms with Gasteiger partial charge in [-0.2, -0.15) is 9.58 Å². The van der Waals surface area contributed by atoms with Crippen molar-refractivity contribution in [3.8, 4) is 5.88 Å². The number of rotatable bonds is 3. The summed E-state index contributed by atoms with van der Waals surface area (Å²) < 4.78 is 0.930. The van der Waals surface area contributed by atoms with E-state index in [0.29, 0.717) is 16.3 Å². The number of allylic oxidation sites excluding steroid dienone is 1. The van der Waals surface area contributed by atoms with Crippen molar-refractivity contribution in [2.24, 2.45) is 0 Å². The zero-order chi connectivity index (χ0) is 15.9. The number of nitrogens with zero attached hydrogens (tertiary/aromatic N) is 2. The summed E-state index contributed by atoms with van der Waals surface area (Å²) in [7, 11) is 0. The average molecular weight is 302 g/mol. The molecule has 1 heterocycles. The smallest absolute Gasteiger partial charge is 0.279 e. The van der Waals surface area contributed by atoms with Crippen LogP contribution in [0.3, 0.4) is 0 Å². The maximum absolute atomic E-state index is 12.4. The molecule has 1 aromatic carbocycles. The van der Waals surface area contributed by atoms with Gasteiger partial charge in [-0.3, -0.25) is 4.79 Å². The molecule has 0 aliphatic heterocycles. The Morgan fingerprint density at radius 1 is 1.27 bits per heavy atom. The van der Waals surface area contributed by atoms with E-state index in [1.54, 1.807) is 12.1 Å². The van der Waals surface area contributed by atoms with Crippen LogP contribution in [0.25, 0.3) is 16.8 Å². The highest BCUT2D eigenvalue weighted by Crippen LogP contribution is 2.31. The summed E-state index contributed by atoms with van der Waals surface area (Å²) in [5.41, 5.74) is 2.48. The van der Waals surface area contributed by atoms with Crippen molar-refractivity contribution in [2.45, 2.75) is 0 Å². The molecule has 3 N–H and O–H groups in total. The zero-order valence-electron chi connectivity index (χ0n) is 11.3. The summed E-state index contributed by atoms with van der Waals surface area (Å²) in [6.07, 6.45) is 2.64. The molecule has 0 saturated carbocycles. The van der Waals surface area contributed by atoms with Crippen LogP contribution in [0.4, 0.5) is 0 Å². The van der Waals surface area contributed by atoms with Crippen LogP contribution in [0.1, 0.15) is 11.1 Å². The van der Waals surface area contributed by atoms with Gasteiger partial charge < -0.3 is 26.1 Å². The average Bonchev–Trinajstić information content (AvgIpc) is 2.51. The lowest BCUT2D eigenvalue weighted by atomic mass is 9.93. The molecular weight excluding hydrogens is 290 g/mol. The van der Waals surface area contributed by atoms with E-state index in [1.807, 2.05) is 0 Å². The highest BCUT2D eigenvalue weighted by atomic mass is 16.8. The Balaban J connectivity index is 2.41. The lowest BCUT2D eigenvalue weighted by Gasteiger charge is -2.19. The van der Waals surface area contributed by atoms with Gasteiger partial charge in [0.25, 0.3) is 5.56 Å². The standard InChI is InChI=1S/C14H12N3O5/c18-7-6-15-16-13(19)9-3-1-2-8-11(17(21)22)5-4-10(12(8)9)14(16)20/h1-5,15,18H,6-7H2,(H-,19,20,21,22)/q-1. The topological polar surface area (TPSA) is 124 Å². The molecule has 1 aliphatic carbocycles. The largest absolute Gasteiger partial charge is 0.612 e. The SMILES string of the molecule is O=c1c2c3c(cccc3c(O)n1NCCO)C(=[N+]([O-])[O-])C=C2. The number of aromatic hydroxyl groups is 1. The molecule has 22 heavy (non-hydrogen) atoms. The van der Waals surface area contributed by atoms with Crippen molar-refractivity contribution in [3.05, 3.63) is 56.2 Å². The first-order valence-corrected chi connectivity index (χ1v) is 6.51. The van der Waals surface area contributed by atoms with Crippen LogP contribution in [0.15, 0.2) is 29.1 Å². The number of aliphatic hydroxyl groups is 1. The van der Waals surface area contributed by atoms with Crippen molar-refractivity contribution in [1.29, 1.82) is 0 Å². The number of benzene rings is 1. The second-order valence-electron chi connectivity index (χ2n) is 4.71. The Bertz CT molecular complexity index is 878. The molecule has 114 valence electrons. The summed E-state index contributed by atoms with van der Waals surface area (Å²) >= 11 is 0. The molecule has 1 aromatic heterocycles. The van der Waals surface area contributed by atoms with E-state index in [1.165, 1.54) is 18.2 Å². The molecule has 0 radical (unpaired) electrons. The molecule has 1 aliphatic rings. The van der Waals surface area contributed by atoms with Gasteiger partial charge in [-0.1, -0.05) is 6.07 Å². The van der Waals surface area contributed by atoms with Gasteiger partial charge in [0.15, 0.2) is 0 Å². The monoisotopic (exact) mass is 302 g/mol. The van der Waals surface area contributed by atoms with Crippen molar-refractivity contribution in [3.63, 3.8) is 0 Å². The summed E-state index contributed by atoms with van der Waals surface area (Å²) in [6.45, 7) is -0.136. The molecule has 0 fully saturated rings. The van der Waals surface area contributed by atoms with E-state index in [9.17, 15) is 20.3 Å². The molecule has 8 nitrogen and oxygen atoms in total. The minimum Gasteiger partial charge on any atom is -0.612 e. The van der Waals surface area contributed by atoms with Gasteiger partial charge in [0, 0.05) is 16.8 Å². The van der Waals surface area contributed by atoms with E-state index < -0.39 is 10.5 Å². The second-order valence-corrected chi connectivity index (χ2v) is 4.71. The Morgan fingerprint density at radius 2 is 2.05 bits per heavy atom. The Labute approximate surface area is 124 Å². The van der Waals surface area contributed by atoms with Gasteiger partial charge in [-0.05, 0) is 18.2 Å². The first-order valence-electron chi connectivity index (χ1n) is 6.51.